The molecule has 0 saturated carbocycles. The zero-order chi connectivity index (χ0) is 38.1. The highest BCUT2D eigenvalue weighted by Crippen LogP contribution is 2.22. The molecule has 6 atom stereocenters. The van der Waals surface area contributed by atoms with Crippen molar-refractivity contribution in [2.45, 2.75) is 198 Å². The molecule has 1 saturated heterocycles. The highest BCUT2D eigenvalue weighted by atomic mass is 16.7. The van der Waals surface area contributed by atoms with Crippen LogP contribution >= 0.6 is 0 Å². The van der Waals surface area contributed by atoms with Crippen molar-refractivity contribution in [1.82, 2.24) is 0 Å². The largest absolute Gasteiger partial charge is 0.462 e. The quantitative estimate of drug-likeness (QED) is 0.0297. The van der Waals surface area contributed by atoms with E-state index in [4.69, 9.17) is 18.9 Å². The third-order valence-electron chi connectivity index (χ3n) is 9.28. The van der Waals surface area contributed by atoms with Gasteiger partial charge in [0, 0.05) is 12.8 Å². The van der Waals surface area contributed by atoms with E-state index in [1.807, 2.05) is 0 Å². The average Bonchev–Trinajstić information content (AvgIpc) is 3.14. The maximum Gasteiger partial charge on any atom is 0.306 e. The van der Waals surface area contributed by atoms with Crippen LogP contribution in [0.15, 0.2) is 36.5 Å². The highest BCUT2D eigenvalue weighted by molar-refractivity contribution is 5.70. The molecule has 0 radical (unpaired) electrons. The van der Waals surface area contributed by atoms with E-state index in [9.17, 15) is 30.0 Å². The van der Waals surface area contributed by atoms with Crippen molar-refractivity contribution in [3.63, 3.8) is 0 Å². The predicted molar refractivity (Wildman–Crippen MR) is 206 cm³/mol. The third kappa shape index (κ3) is 25.0. The minimum atomic E-state index is -1.60. The highest BCUT2D eigenvalue weighted by Gasteiger charge is 2.44. The van der Waals surface area contributed by atoms with Crippen molar-refractivity contribution in [1.29, 1.82) is 0 Å². The number of unbranched alkanes of at least 4 members (excludes halogenated alkanes) is 16. The van der Waals surface area contributed by atoms with Gasteiger partial charge >= 0.3 is 11.9 Å². The molecule has 0 aromatic carbocycles. The molecule has 1 aliphatic rings. The van der Waals surface area contributed by atoms with Gasteiger partial charge in [-0.15, -0.1) is 0 Å². The molecule has 2 unspecified atom stereocenters. The van der Waals surface area contributed by atoms with Gasteiger partial charge in [-0.25, -0.2) is 0 Å². The van der Waals surface area contributed by atoms with Gasteiger partial charge in [-0.3, -0.25) is 9.59 Å². The van der Waals surface area contributed by atoms with Crippen LogP contribution in [-0.2, 0) is 28.5 Å². The standard InChI is InChI=1S/C42H74O10/c1-3-5-7-9-11-13-15-17-18-19-21-23-25-27-29-31-38(45)51-35(34-50-42-41(48)40(47)39(46)36(32-43)52-42)33-49-37(44)30-28-26-24-22-20-16-14-12-10-8-6-4-2/h11,13,17-18,21,23,35-36,39-43,46-48H,3-10,12,14-16,19-20,22,24-34H2,1-2H3/b13-11+,18-17+,23-21+/t35-,36-,39+,40?,41?,42-/m1/s1. The summed E-state index contributed by atoms with van der Waals surface area (Å²) in [5.41, 5.74) is 0. The van der Waals surface area contributed by atoms with Gasteiger partial charge in [0.15, 0.2) is 12.4 Å². The van der Waals surface area contributed by atoms with Gasteiger partial charge in [-0.1, -0.05) is 134 Å². The Labute approximate surface area is 315 Å². The van der Waals surface area contributed by atoms with Gasteiger partial charge in [0.25, 0.3) is 0 Å². The number of carbonyl (C=O) groups is 2. The van der Waals surface area contributed by atoms with Gasteiger partial charge in [0.1, 0.15) is 31.0 Å². The Hall–Kier alpha value is -2.08. The number of carbonyl (C=O) groups excluding carboxylic acids is 2. The van der Waals surface area contributed by atoms with Crippen LogP contribution in [0.2, 0.25) is 0 Å². The fourth-order valence-corrected chi connectivity index (χ4v) is 5.96. The topological polar surface area (TPSA) is 152 Å². The number of aliphatic hydroxyl groups excluding tert-OH is 4. The summed E-state index contributed by atoms with van der Waals surface area (Å²) in [5, 5.41) is 39.9. The molecule has 0 aliphatic carbocycles. The first-order chi connectivity index (χ1) is 25.3. The van der Waals surface area contributed by atoms with Crippen LogP contribution in [0, 0.1) is 0 Å². The maximum absolute atomic E-state index is 12.7. The van der Waals surface area contributed by atoms with Crippen LogP contribution in [0.25, 0.3) is 0 Å². The summed E-state index contributed by atoms with van der Waals surface area (Å²) in [6, 6.07) is 0. The molecule has 0 bridgehead atoms. The molecule has 10 nitrogen and oxygen atoms in total. The van der Waals surface area contributed by atoms with Crippen LogP contribution < -0.4 is 0 Å². The van der Waals surface area contributed by atoms with Crippen LogP contribution in [0.3, 0.4) is 0 Å². The Kier molecular flexibility index (Phi) is 30.9. The van der Waals surface area contributed by atoms with Crippen molar-refractivity contribution < 1.29 is 49.0 Å². The smallest absolute Gasteiger partial charge is 0.306 e. The number of rotatable bonds is 33. The normalized spacial score (nSPS) is 21.4. The maximum atomic E-state index is 12.7. The van der Waals surface area contributed by atoms with Crippen LogP contribution in [-0.4, -0.2) is 89.0 Å². The summed E-state index contributed by atoms with van der Waals surface area (Å²) < 4.78 is 22.0. The number of ether oxygens (including phenoxy) is 4. The summed E-state index contributed by atoms with van der Waals surface area (Å²) in [5.74, 6) is -0.851. The molecule has 0 spiro atoms. The lowest BCUT2D eigenvalue weighted by molar-refractivity contribution is -0.305. The number of allylic oxidation sites excluding steroid dienone is 6. The first-order valence-electron chi connectivity index (χ1n) is 20.6. The molecule has 302 valence electrons. The Bertz CT molecular complexity index is 949. The van der Waals surface area contributed by atoms with E-state index in [2.05, 4.69) is 50.3 Å². The molecular weight excluding hydrogens is 664 g/mol. The number of aliphatic hydroxyl groups is 4. The van der Waals surface area contributed by atoms with Crippen LogP contribution in [0.1, 0.15) is 162 Å². The predicted octanol–water partition coefficient (Wildman–Crippen LogP) is 7.94. The molecule has 10 heteroatoms. The SMILES string of the molecule is CCCCC/C=C/C/C=C/C/C=C/CCCCC(=O)O[C@H](COC(=O)CCCCCCCCCCCCCC)CO[C@@H]1O[C@H](CO)[C@H](O)C(O)C1O. The molecule has 0 aromatic rings. The van der Waals surface area contributed by atoms with E-state index >= 15 is 0 Å². The first kappa shape index (κ1) is 47.9. The fraction of sp³-hybridized carbons (Fsp3) is 0.810. The Morgan fingerprint density at radius 3 is 1.65 bits per heavy atom. The van der Waals surface area contributed by atoms with Crippen LogP contribution in [0.4, 0.5) is 0 Å². The van der Waals surface area contributed by atoms with Gasteiger partial charge in [-0.05, 0) is 51.4 Å². The van der Waals surface area contributed by atoms with E-state index in [1.54, 1.807) is 0 Å². The lowest BCUT2D eigenvalue weighted by atomic mass is 9.99. The Balaban J connectivity index is 2.41. The molecule has 4 N–H and O–H groups in total. The van der Waals surface area contributed by atoms with E-state index in [0.717, 1.165) is 51.4 Å². The second-order valence-electron chi connectivity index (χ2n) is 14.1. The van der Waals surface area contributed by atoms with Crippen molar-refractivity contribution in [3.8, 4) is 0 Å². The van der Waals surface area contributed by atoms with Gasteiger partial charge in [0.05, 0.1) is 13.2 Å². The summed E-state index contributed by atoms with van der Waals surface area (Å²) in [6.45, 7) is 3.34. The average molecular weight is 739 g/mol. The van der Waals surface area contributed by atoms with E-state index < -0.39 is 49.4 Å². The fourth-order valence-electron chi connectivity index (χ4n) is 5.96. The number of esters is 2. The summed E-state index contributed by atoms with van der Waals surface area (Å²) in [7, 11) is 0. The molecular formula is C42H74O10. The molecule has 1 heterocycles. The van der Waals surface area contributed by atoms with E-state index in [1.165, 1.54) is 77.0 Å². The summed E-state index contributed by atoms with van der Waals surface area (Å²) >= 11 is 0. The lowest BCUT2D eigenvalue weighted by Gasteiger charge is -2.39. The molecule has 52 heavy (non-hydrogen) atoms. The van der Waals surface area contributed by atoms with Crippen molar-refractivity contribution in [2.24, 2.45) is 0 Å². The molecule has 0 amide bonds. The molecule has 1 aliphatic heterocycles. The second-order valence-corrected chi connectivity index (χ2v) is 14.1. The van der Waals surface area contributed by atoms with Crippen molar-refractivity contribution in [3.05, 3.63) is 36.5 Å². The van der Waals surface area contributed by atoms with Crippen molar-refractivity contribution in [2.75, 3.05) is 19.8 Å². The van der Waals surface area contributed by atoms with Gasteiger partial charge in [0.2, 0.25) is 0 Å². The van der Waals surface area contributed by atoms with E-state index in [0.29, 0.717) is 6.42 Å². The van der Waals surface area contributed by atoms with E-state index in [-0.39, 0.29) is 32.0 Å². The molecule has 1 fully saturated rings. The summed E-state index contributed by atoms with van der Waals surface area (Å²) in [4.78, 5) is 25.2. The summed E-state index contributed by atoms with van der Waals surface area (Å²) in [6.07, 6.45) is 28.7. The van der Waals surface area contributed by atoms with Crippen LogP contribution in [0.5, 0.6) is 0 Å². The monoisotopic (exact) mass is 739 g/mol. The lowest BCUT2D eigenvalue weighted by Crippen LogP contribution is -2.59. The zero-order valence-electron chi connectivity index (χ0n) is 32.6. The first-order valence-corrected chi connectivity index (χ1v) is 20.6. The zero-order valence-corrected chi connectivity index (χ0v) is 32.6. The van der Waals surface area contributed by atoms with Crippen molar-refractivity contribution >= 4 is 11.9 Å². The van der Waals surface area contributed by atoms with Gasteiger partial charge in [-0.2, -0.15) is 0 Å². The Morgan fingerprint density at radius 2 is 1.08 bits per heavy atom. The Morgan fingerprint density at radius 1 is 0.596 bits per heavy atom. The molecule has 1 rings (SSSR count). The number of hydrogen-bond acceptors (Lipinski definition) is 10. The third-order valence-corrected chi connectivity index (χ3v) is 9.28. The molecule has 0 aromatic heterocycles. The minimum absolute atomic E-state index is 0.182. The minimum Gasteiger partial charge on any atom is -0.462 e. The number of hydrogen-bond donors (Lipinski definition) is 4. The van der Waals surface area contributed by atoms with Gasteiger partial charge < -0.3 is 39.4 Å². The second kappa shape index (κ2) is 33.5.